The minimum atomic E-state index is 0.0381. The molecule has 1 atom stereocenters. The van der Waals surface area contributed by atoms with Crippen LogP contribution in [0.5, 0.6) is 5.75 Å². The smallest absolute Gasteiger partial charge is 0.227 e. The van der Waals surface area contributed by atoms with E-state index >= 15 is 0 Å². The summed E-state index contributed by atoms with van der Waals surface area (Å²) in [7, 11) is 0. The lowest BCUT2D eigenvalue weighted by atomic mass is 9.96. The number of nitrogens with zero attached hydrogens (tertiary/aromatic N) is 5. The number of carbonyl (C=O) groups excluding carboxylic acids is 1. The van der Waals surface area contributed by atoms with Crippen LogP contribution >= 0.6 is 11.3 Å². The monoisotopic (exact) mass is 451 g/mol. The molecular formula is C24H29N5O2S. The van der Waals surface area contributed by atoms with Crippen molar-refractivity contribution in [2.75, 3.05) is 55.7 Å². The van der Waals surface area contributed by atoms with E-state index in [1.54, 1.807) is 11.3 Å². The molecule has 3 aromatic rings. The lowest BCUT2D eigenvalue weighted by Crippen LogP contribution is -2.52. The van der Waals surface area contributed by atoms with Crippen LogP contribution in [-0.4, -0.2) is 66.7 Å². The van der Waals surface area contributed by atoms with Gasteiger partial charge in [-0.1, -0.05) is 17.4 Å². The van der Waals surface area contributed by atoms with Crippen molar-refractivity contribution in [3.63, 3.8) is 0 Å². The van der Waals surface area contributed by atoms with E-state index < -0.39 is 0 Å². The molecule has 2 aliphatic heterocycles. The van der Waals surface area contributed by atoms with Crippen LogP contribution < -0.4 is 14.5 Å². The van der Waals surface area contributed by atoms with E-state index in [9.17, 15) is 4.79 Å². The fourth-order valence-corrected chi connectivity index (χ4v) is 5.62. The summed E-state index contributed by atoms with van der Waals surface area (Å²) >= 11 is 1.69. The fourth-order valence-electron chi connectivity index (χ4n) is 4.59. The first kappa shape index (κ1) is 21.0. The van der Waals surface area contributed by atoms with Crippen molar-refractivity contribution in [3.05, 3.63) is 42.6 Å². The highest BCUT2D eigenvalue weighted by atomic mass is 32.1. The van der Waals surface area contributed by atoms with E-state index in [-0.39, 0.29) is 11.8 Å². The Morgan fingerprint density at radius 3 is 2.78 bits per heavy atom. The van der Waals surface area contributed by atoms with Crippen molar-refractivity contribution >= 4 is 38.4 Å². The normalized spacial score (nSPS) is 19.4. The van der Waals surface area contributed by atoms with Crippen LogP contribution in [0.15, 0.2) is 42.6 Å². The molecule has 0 bridgehead atoms. The van der Waals surface area contributed by atoms with E-state index in [4.69, 9.17) is 9.72 Å². The van der Waals surface area contributed by atoms with Gasteiger partial charge in [0.05, 0.1) is 22.7 Å². The molecule has 8 heteroatoms. The SMILES string of the molecule is CCOc1ccc2nc(N3CCCC(C(=O)N4CCN(c5ccccn5)CC4)C3)sc2c1. The lowest BCUT2D eigenvalue weighted by Gasteiger charge is -2.39. The van der Waals surface area contributed by atoms with Crippen molar-refractivity contribution in [3.8, 4) is 5.75 Å². The highest BCUT2D eigenvalue weighted by molar-refractivity contribution is 7.22. The Hall–Kier alpha value is -2.87. The molecule has 5 rings (SSSR count). The molecular weight excluding hydrogens is 422 g/mol. The first-order valence-electron chi connectivity index (χ1n) is 11.4. The Morgan fingerprint density at radius 1 is 1.12 bits per heavy atom. The molecule has 2 saturated heterocycles. The van der Waals surface area contributed by atoms with Gasteiger partial charge in [0.15, 0.2) is 5.13 Å². The fraction of sp³-hybridized carbons (Fsp3) is 0.458. The zero-order valence-corrected chi connectivity index (χ0v) is 19.3. The average molecular weight is 452 g/mol. The third-order valence-electron chi connectivity index (χ3n) is 6.27. The Kier molecular flexibility index (Phi) is 6.12. The van der Waals surface area contributed by atoms with Gasteiger partial charge in [0, 0.05) is 45.5 Å². The number of piperazine rings is 1. The minimum Gasteiger partial charge on any atom is -0.494 e. The van der Waals surface area contributed by atoms with Gasteiger partial charge in [0.1, 0.15) is 11.6 Å². The first-order valence-corrected chi connectivity index (χ1v) is 12.3. The van der Waals surface area contributed by atoms with Gasteiger partial charge in [-0.15, -0.1) is 0 Å². The number of carbonyl (C=O) groups is 1. The van der Waals surface area contributed by atoms with Gasteiger partial charge in [-0.3, -0.25) is 4.79 Å². The van der Waals surface area contributed by atoms with E-state index in [0.717, 1.165) is 79.0 Å². The number of ether oxygens (including phenoxy) is 1. The molecule has 2 fully saturated rings. The summed E-state index contributed by atoms with van der Waals surface area (Å²) < 4.78 is 6.76. The van der Waals surface area contributed by atoms with Crippen LogP contribution in [0.2, 0.25) is 0 Å². The Morgan fingerprint density at radius 2 is 2.00 bits per heavy atom. The second-order valence-electron chi connectivity index (χ2n) is 8.34. The molecule has 2 aromatic heterocycles. The summed E-state index contributed by atoms with van der Waals surface area (Å²) in [5.41, 5.74) is 0.993. The van der Waals surface area contributed by atoms with Gasteiger partial charge in [-0.05, 0) is 50.1 Å². The summed E-state index contributed by atoms with van der Waals surface area (Å²) in [4.78, 5) is 29.2. The molecule has 0 radical (unpaired) electrons. The molecule has 2 aliphatic rings. The number of hydrogen-bond acceptors (Lipinski definition) is 7. The molecule has 32 heavy (non-hydrogen) atoms. The van der Waals surface area contributed by atoms with Crippen LogP contribution in [0, 0.1) is 5.92 Å². The number of fused-ring (bicyclic) bond motifs is 1. The summed E-state index contributed by atoms with van der Waals surface area (Å²) in [5.74, 6) is 2.20. The second kappa shape index (κ2) is 9.32. The lowest BCUT2D eigenvalue weighted by molar-refractivity contribution is -0.136. The van der Waals surface area contributed by atoms with E-state index in [1.807, 2.05) is 48.4 Å². The van der Waals surface area contributed by atoms with Gasteiger partial charge < -0.3 is 19.4 Å². The van der Waals surface area contributed by atoms with Gasteiger partial charge >= 0.3 is 0 Å². The zero-order valence-electron chi connectivity index (χ0n) is 18.4. The zero-order chi connectivity index (χ0) is 21.9. The molecule has 168 valence electrons. The molecule has 0 aliphatic carbocycles. The van der Waals surface area contributed by atoms with E-state index in [1.165, 1.54) is 0 Å². The number of pyridine rings is 1. The maximum absolute atomic E-state index is 13.3. The number of hydrogen-bond donors (Lipinski definition) is 0. The molecule has 1 amide bonds. The summed E-state index contributed by atoms with van der Waals surface area (Å²) in [5, 5.41) is 1.01. The second-order valence-corrected chi connectivity index (χ2v) is 9.35. The van der Waals surface area contributed by atoms with Gasteiger partial charge in [-0.2, -0.15) is 0 Å². The number of thiazole rings is 1. The molecule has 0 spiro atoms. The van der Waals surface area contributed by atoms with Crippen molar-refractivity contribution in [1.29, 1.82) is 0 Å². The average Bonchev–Trinajstić information content (AvgIpc) is 3.28. The van der Waals surface area contributed by atoms with Crippen molar-refractivity contribution in [2.24, 2.45) is 5.92 Å². The number of amides is 1. The molecule has 7 nitrogen and oxygen atoms in total. The van der Waals surface area contributed by atoms with E-state index in [2.05, 4.69) is 20.9 Å². The Balaban J connectivity index is 1.22. The van der Waals surface area contributed by atoms with Crippen LogP contribution in [-0.2, 0) is 4.79 Å². The maximum atomic E-state index is 13.3. The molecule has 0 N–H and O–H groups in total. The summed E-state index contributed by atoms with van der Waals surface area (Å²) in [6, 6.07) is 12.0. The van der Waals surface area contributed by atoms with E-state index in [0.29, 0.717) is 6.61 Å². The van der Waals surface area contributed by atoms with Crippen molar-refractivity contribution in [2.45, 2.75) is 19.8 Å². The molecule has 1 aromatic carbocycles. The minimum absolute atomic E-state index is 0.0381. The molecule has 0 saturated carbocycles. The van der Waals surface area contributed by atoms with Gasteiger partial charge in [-0.25, -0.2) is 9.97 Å². The number of aromatic nitrogens is 2. The highest BCUT2D eigenvalue weighted by Crippen LogP contribution is 2.34. The van der Waals surface area contributed by atoms with Gasteiger partial charge in [0.2, 0.25) is 5.91 Å². The van der Waals surface area contributed by atoms with Crippen LogP contribution in [0.25, 0.3) is 10.2 Å². The standard InChI is InChI=1S/C24H29N5O2S/c1-2-31-19-8-9-20-21(16-19)32-24(26-20)29-11-5-6-18(17-29)23(30)28-14-12-27(13-15-28)22-7-3-4-10-25-22/h3-4,7-10,16,18H,2,5-6,11-15,17H2,1H3. The number of piperidine rings is 1. The van der Waals surface area contributed by atoms with Crippen molar-refractivity contribution < 1.29 is 9.53 Å². The number of rotatable bonds is 5. The number of benzene rings is 1. The molecule has 4 heterocycles. The third kappa shape index (κ3) is 4.37. The largest absolute Gasteiger partial charge is 0.494 e. The summed E-state index contributed by atoms with van der Waals surface area (Å²) in [6.07, 6.45) is 3.79. The number of anilines is 2. The van der Waals surface area contributed by atoms with Crippen LogP contribution in [0.3, 0.4) is 0 Å². The first-order chi connectivity index (χ1) is 15.7. The highest BCUT2D eigenvalue weighted by Gasteiger charge is 2.32. The van der Waals surface area contributed by atoms with Gasteiger partial charge in [0.25, 0.3) is 0 Å². The quantitative estimate of drug-likeness (QED) is 0.590. The Bertz CT molecular complexity index is 1060. The third-order valence-corrected chi connectivity index (χ3v) is 7.34. The van der Waals surface area contributed by atoms with Crippen LogP contribution in [0.1, 0.15) is 19.8 Å². The predicted octanol–water partition coefficient (Wildman–Crippen LogP) is 3.66. The molecule has 1 unspecified atom stereocenters. The maximum Gasteiger partial charge on any atom is 0.227 e. The topological polar surface area (TPSA) is 61.8 Å². The van der Waals surface area contributed by atoms with Crippen molar-refractivity contribution in [1.82, 2.24) is 14.9 Å². The summed E-state index contributed by atoms with van der Waals surface area (Å²) in [6.45, 7) is 7.53. The van der Waals surface area contributed by atoms with Crippen LogP contribution in [0.4, 0.5) is 10.9 Å². The Labute approximate surface area is 192 Å². The predicted molar refractivity (Wildman–Crippen MR) is 129 cm³/mol.